The molecule has 0 aliphatic rings. The molecule has 3 atom stereocenters. The van der Waals surface area contributed by atoms with E-state index in [1.807, 2.05) is 44.2 Å². The van der Waals surface area contributed by atoms with E-state index in [2.05, 4.69) is 10.6 Å². The molecule has 0 aromatic heterocycles. The van der Waals surface area contributed by atoms with Crippen molar-refractivity contribution in [2.45, 2.75) is 52.4 Å². The maximum Gasteiger partial charge on any atom is 0.245 e. The van der Waals surface area contributed by atoms with Crippen LogP contribution in [0.3, 0.4) is 0 Å². The van der Waals surface area contributed by atoms with E-state index < -0.39 is 29.9 Å². The molecule has 4 N–H and O–H groups in total. The van der Waals surface area contributed by atoms with Gasteiger partial charge in [-0.25, -0.2) is 5.48 Å². The average molecular weight is 393 g/mol. The van der Waals surface area contributed by atoms with Crippen LogP contribution in [0.25, 0.3) is 0 Å². The molecule has 0 saturated heterocycles. The molecule has 28 heavy (non-hydrogen) atoms. The van der Waals surface area contributed by atoms with Crippen LogP contribution < -0.4 is 16.1 Å². The lowest BCUT2D eigenvalue weighted by Crippen LogP contribution is -2.54. The van der Waals surface area contributed by atoms with Gasteiger partial charge in [-0.15, -0.1) is 0 Å². The highest BCUT2D eigenvalue weighted by Gasteiger charge is 2.31. The molecule has 0 bridgehead atoms. The van der Waals surface area contributed by atoms with E-state index in [0.717, 1.165) is 5.56 Å². The molecule has 0 fully saturated rings. The second-order valence-corrected chi connectivity index (χ2v) is 7.17. The summed E-state index contributed by atoms with van der Waals surface area (Å²) in [5.41, 5.74) is 2.50. The number of rotatable bonds is 11. The third-order valence-corrected chi connectivity index (χ3v) is 4.33. The molecule has 0 aliphatic carbocycles. The van der Waals surface area contributed by atoms with Crippen LogP contribution in [0.2, 0.25) is 0 Å². The van der Waals surface area contributed by atoms with Gasteiger partial charge in [0.25, 0.3) is 0 Å². The van der Waals surface area contributed by atoms with E-state index in [1.165, 1.54) is 7.05 Å². The number of hydrogen-bond acceptors (Lipinski definition) is 5. The minimum absolute atomic E-state index is 0.160. The lowest BCUT2D eigenvalue weighted by atomic mass is 9.92. The highest BCUT2D eigenvalue weighted by Crippen LogP contribution is 2.17. The molecule has 0 saturated carbocycles. The Morgan fingerprint density at radius 3 is 2.25 bits per heavy atom. The number of ether oxygens (including phenoxy) is 1. The molecular formula is C20H31N3O5. The molecule has 8 nitrogen and oxygen atoms in total. The standard InChI is InChI=1S/C20H31N3O5/c1-13(2)10-16(11-17(24)23-27)19(25)22-18(20(26)21-4)14(3)28-12-15-8-6-5-7-9-15/h5-9,13-14,16,18,27H,10-12H2,1-4H3,(H,21,26)(H,22,25)(H,23,24)/t14-,16?,18+/m1/s1. The quantitative estimate of drug-likeness (QED) is 0.335. The molecule has 1 unspecified atom stereocenters. The van der Waals surface area contributed by atoms with Crippen LogP contribution in [0, 0.1) is 11.8 Å². The Hall–Kier alpha value is -2.45. The molecule has 3 amide bonds. The zero-order valence-electron chi connectivity index (χ0n) is 16.9. The number of hydrogen-bond donors (Lipinski definition) is 4. The summed E-state index contributed by atoms with van der Waals surface area (Å²) >= 11 is 0. The first kappa shape index (κ1) is 23.6. The van der Waals surface area contributed by atoms with Gasteiger partial charge in [-0.05, 0) is 24.8 Å². The zero-order valence-corrected chi connectivity index (χ0v) is 16.9. The Morgan fingerprint density at radius 1 is 1.07 bits per heavy atom. The number of amides is 3. The highest BCUT2D eigenvalue weighted by atomic mass is 16.5. The molecular weight excluding hydrogens is 362 g/mol. The lowest BCUT2D eigenvalue weighted by molar-refractivity contribution is -0.138. The molecule has 0 heterocycles. The van der Waals surface area contributed by atoms with Crippen LogP contribution in [-0.4, -0.2) is 42.1 Å². The van der Waals surface area contributed by atoms with E-state index in [4.69, 9.17) is 9.94 Å². The van der Waals surface area contributed by atoms with E-state index >= 15 is 0 Å². The maximum absolute atomic E-state index is 12.7. The van der Waals surface area contributed by atoms with Crippen LogP contribution in [-0.2, 0) is 25.7 Å². The van der Waals surface area contributed by atoms with Gasteiger partial charge in [0, 0.05) is 19.4 Å². The Kier molecular flexibility index (Phi) is 10.2. The van der Waals surface area contributed by atoms with Crippen LogP contribution in [0.1, 0.15) is 39.2 Å². The fourth-order valence-corrected chi connectivity index (χ4v) is 2.84. The van der Waals surface area contributed by atoms with Crippen molar-refractivity contribution in [1.82, 2.24) is 16.1 Å². The Bertz CT molecular complexity index is 636. The van der Waals surface area contributed by atoms with E-state index in [9.17, 15) is 14.4 Å². The zero-order chi connectivity index (χ0) is 21.1. The van der Waals surface area contributed by atoms with Gasteiger partial charge in [0.05, 0.1) is 12.7 Å². The summed E-state index contributed by atoms with van der Waals surface area (Å²) in [4.78, 5) is 36.6. The van der Waals surface area contributed by atoms with E-state index in [1.54, 1.807) is 12.4 Å². The lowest BCUT2D eigenvalue weighted by Gasteiger charge is -2.26. The largest absolute Gasteiger partial charge is 0.371 e. The number of carbonyl (C=O) groups excluding carboxylic acids is 3. The summed E-state index contributed by atoms with van der Waals surface area (Å²) in [5, 5.41) is 14.0. The second kappa shape index (κ2) is 12.1. The first-order valence-corrected chi connectivity index (χ1v) is 9.38. The SMILES string of the molecule is CNC(=O)[C@@H](NC(=O)C(CC(=O)NO)CC(C)C)[C@@H](C)OCc1ccccc1. The van der Waals surface area contributed by atoms with Crippen molar-refractivity contribution in [3.05, 3.63) is 35.9 Å². The summed E-state index contributed by atoms with van der Waals surface area (Å²) in [5.74, 6) is -1.97. The normalized spacial score (nSPS) is 14.1. The molecule has 0 spiro atoms. The van der Waals surface area contributed by atoms with Crippen molar-refractivity contribution in [3.63, 3.8) is 0 Å². The number of carbonyl (C=O) groups is 3. The van der Waals surface area contributed by atoms with Crippen molar-refractivity contribution < 1.29 is 24.3 Å². The van der Waals surface area contributed by atoms with E-state index in [-0.39, 0.29) is 18.2 Å². The Balaban J connectivity index is 2.82. The summed E-state index contributed by atoms with van der Waals surface area (Å²) in [7, 11) is 1.48. The molecule has 0 radical (unpaired) electrons. The number of hydroxylamine groups is 1. The van der Waals surface area contributed by atoms with Gasteiger partial charge in [-0.3, -0.25) is 19.6 Å². The fourth-order valence-electron chi connectivity index (χ4n) is 2.84. The summed E-state index contributed by atoms with van der Waals surface area (Å²) in [6, 6.07) is 8.60. The Labute approximate surface area is 166 Å². The fraction of sp³-hybridized carbons (Fsp3) is 0.550. The molecule has 1 aromatic rings. The number of nitrogens with one attached hydrogen (secondary N) is 3. The van der Waals surface area contributed by atoms with Crippen LogP contribution in [0.4, 0.5) is 0 Å². The molecule has 8 heteroatoms. The molecule has 1 rings (SSSR count). The summed E-state index contributed by atoms with van der Waals surface area (Å²) < 4.78 is 5.78. The van der Waals surface area contributed by atoms with Crippen molar-refractivity contribution in [2.75, 3.05) is 7.05 Å². The van der Waals surface area contributed by atoms with E-state index in [0.29, 0.717) is 13.0 Å². The van der Waals surface area contributed by atoms with Gasteiger partial charge in [-0.2, -0.15) is 0 Å². The number of likely N-dealkylation sites (N-methyl/N-ethyl adjacent to an activating group) is 1. The van der Waals surface area contributed by atoms with Crippen LogP contribution >= 0.6 is 0 Å². The summed E-state index contributed by atoms with van der Waals surface area (Å²) in [6.07, 6.45) is -0.311. The molecule has 1 aromatic carbocycles. The van der Waals surface area contributed by atoms with Crippen molar-refractivity contribution in [3.8, 4) is 0 Å². The minimum atomic E-state index is -0.909. The number of benzene rings is 1. The predicted octanol–water partition coefficient (Wildman–Crippen LogP) is 1.38. The van der Waals surface area contributed by atoms with Crippen LogP contribution in [0.5, 0.6) is 0 Å². The molecule has 0 aliphatic heterocycles. The van der Waals surface area contributed by atoms with Gasteiger partial charge < -0.3 is 15.4 Å². The average Bonchev–Trinajstić information content (AvgIpc) is 2.69. The second-order valence-electron chi connectivity index (χ2n) is 7.17. The Morgan fingerprint density at radius 2 is 1.71 bits per heavy atom. The van der Waals surface area contributed by atoms with Gasteiger partial charge >= 0.3 is 0 Å². The van der Waals surface area contributed by atoms with Gasteiger partial charge in [0.15, 0.2) is 0 Å². The topological polar surface area (TPSA) is 117 Å². The third-order valence-electron chi connectivity index (χ3n) is 4.33. The minimum Gasteiger partial charge on any atom is -0.371 e. The van der Waals surface area contributed by atoms with Crippen molar-refractivity contribution in [2.24, 2.45) is 11.8 Å². The van der Waals surface area contributed by atoms with Gasteiger partial charge in [-0.1, -0.05) is 44.2 Å². The first-order valence-electron chi connectivity index (χ1n) is 9.38. The van der Waals surface area contributed by atoms with Crippen LogP contribution in [0.15, 0.2) is 30.3 Å². The smallest absolute Gasteiger partial charge is 0.245 e. The van der Waals surface area contributed by atoms with Gasteiger partial charge in [0.1, 0.15) is 6.04 Å². The van der Waals surface area contributed by atoms with Gasteiger partial charge in [0.2, 0.25) is 17.7 Å². The monoisotopic (exact) mass is 393 g/mol. The highest BCUT2D eigenvalue weighted by molar-refractivity contribution is 5.90. The van der Waals surface area contributed by atoms with Crippen molar-refractivity contribution >= 4 is 17.7 Å². The molecule has 156 valence electrons. The summed E-state index contributed by atoms with van der Waals surface area (Å²) in [6.45, 7) is 5.87. The maximum atomic E-state index is 12.7. The predicted molar refractivity (Wildman–Crippen MR) is 104 cm³/mol. The third kappa shape index (κ3) is 8.06. The van der Waals surface area contributed by atoms with Crippen molar-refractivity contribution in [1.29, 1.82) is 0 Å². The first-order chi connectivity index (χ1) is 13.3.